The fraction of sp³-hybridized carbons (Fsp3) is 0.261. The number of hydrogen-bond donors (Lipinski definition) is 1. The number of ether oxygens (including phenoxy) is 2. The Morgan fingerprint density at radius 3 is 2.76 bits per heavy atom. The third-order valence-electron chi connectivity index (χ3n) is 4.59. The minimum atomic E-state index is -0.484. The Morgan fingerprint density at radius 1 is 1.33 bits per heavy atom. The van der Waals surface area contributed by atoms with Crippen molar-refractivity contribution in [2.24, 2.45) is 5.92 Å². The first-order valence-corrected chi connectivity index (χ1v) is 12.4. The molecule has 0 atom stereocenters. The van der Waals surface area contributed by atoms with Crippen LogP contribution in [0.3, 0.4) is 0 Å². The lowest BCUT2D eigenvalue weighted by molar-refractivity contribution is -0.123. The van der Waals surface area contributed by atoms with E-state index in [4.69, 9.17) is 33.3 Å². The maximum absolute atomic E-state index is 12.9. The van der Waals surface area contributed by atoms with E-state index in [-0.39, 0.29) is 4.32 Å². The summed E-state index contributed by atoms with van der Waals surface area (Å²) in [5.41, 5.74) is 3.58. The molecule has 3 rings (SSSR count). The summed E-state index contributed by atoms with van der Waals surface area (Å²) in [6.45, 7) is 4.83. The maximum Gasteiger partial charge on any atom is 0.285 e. The fourth-order valence-electron chi connectivity index (χ4n) is 2.87. The molecule has 0 bridgehead atoms. The average molecular weight is 570 g/mol. The van der Waals surface area contributed by atoms with Gasteiger partial charge in [0.15, 0.2) is 15.8 Å². The van der Waals surface area contributed by atoms with Gasteiger partial charge in [0.2, 0.25) is 0 Å². The van der Waals surface area contributed by atoms with Crippen LogP contribution in [0.4, 0.5) is 0 Å². The van der Waals surface area contributed by atoms with E-state index in [2.05, 4.69) is 35.2 Å². The second-order valence-electron chi connectivity index (χ2n) is 7.53. The number of rotatable bonds is 8. The summed E-state index contributed by atoms with van der Waals surface area (Å²) >= 11 is 15.9. The monoisotopic (exact) mass is 568 g/mol. The highest BCUT2D eigenvalue weighted by Gasteiger charge is 2.34. The Kier molecular flexibility index (Phi) is 8.81. The largest absolute Gasteiger partial charge is 0.493 e. The van der Waals surface area contributed by atoms with Crippen LogP contribution in [0.25, 0.3) is 6.08 Å². The quantitative estimate of drug-likeness (QED) is 0.307. The van der Waals surface area contributed by atoms with E-state index in [1.807, 2.05) is 6.07 Å². The number of carbonyl (C=O) groups excluding carboxylic acids is 2. The molecular formula is C23H22BrClN2O4S2. The number of thiocarbonyl (C=S) groups is 1. The maximum atomic E-state index is 12.9. The molecule has 0 unspecified atom stereocenters. The molecule has 1 heterocycles. The number of hydrogen-bond acceptors (Lipinski definition) is 6. The third-order valence-corrected chi connectivity index (χ3v) is 6.71. The van der Waals surface area contributed by atoms with Gasteiger partial charge in [0.05, 0.1) is 23.1 Å². The molecule has 0 saturated carbocycles. The zero-order valence-corrected chi connectivity index (χ0v) is 22.2. The van der Waals surface area contributed by atoms with Gasteiger partial charge in [-0.3, -0.25) is 15.0 Å². The van der Waals surface area contributed by atoms with Gasteiger partial charge in [-0.2, -0.15) is 5.01 Å². The van der Waals surface area contributed by atoms with E-state index in [1.54, 1.807) is 37.5 Å². The summed E-state index contributed by atoms with van der Waals surface area (Å²) in [6.07, 6.45) is 2.61. The predicted molar refractivity (Wildman–Crippen MR) is 140 cm³/mol. The minimum absolute atomic E-state index is 0.223. The first-order chi connectivity index (χ1) is 15.7. The van der Waals surface area contributed by atoms with Crippen molar-refractivity contribution in [3.63, 3.8) is 0 Å². The van der Waals surface area contributed by atoms with Crippen LogP contribution in [0.2, 0.25) is 5.02 Å². The van der Waals surface area contributed by atoms with E-state index in [0.717, 1.165) is 28.8 Å². The van der Waals surface area contributed by atoms with Gasteiger partial charge < -0.3 is 9.47 Å². The van der Waals surface area contributed by atoms with Gasteiger partial charge >= 0.3 is 0 Å². The van der Waals surface area contributed by atoms with Gasteiger partial charge in [-0.15, -0.1) is 0 Å². The van der Waals surface area contributed by atoms with Gasteiger partial charge in [-0.1, -0.05) is 43.3 Å². The van der Waals surface area contributed by atoms with E-state index in [1.165, 1.54) is 6.07 Å². The molecule has 6 nitrogen and oxygen atoms in total. The molecule has 174 valence electrons. The second-order valence-corrected chi connectivity index (χ2v) is 10.5. The molecule has 0 spiro atoms. The Bertz CT molecular complexity index is 1120. The Balaban J connectivity index is 1.78. The van der Waals surface area contributed by atoms with Crippen molar-refractivity contribution >= 4 is 73.7 Å². The molecule has 1 aliphatic rings. The summed E-state index contributed by atoms with van der Waals surface area (Å²) in [5, 5.41) is 1.48. The van der Waals surface area contributed by atoms with Crippen molar-refractivity contribution in [1.29, 1.82) is 0 Å². The summed E-state index contributed by atoms with van der Waals surface area (Å²) in [7, 11) is 1.56. The smallest absolute Gasteiger partial charge is 0.285 e. The molecule has 2 amide bonds. The lowest BCUT2D eigenvalue weighted by Gasteiger charge is -2.16. The lowest BCUT2D eigenvalue weighted by atomic mass is 10.1. The van der Waals surface area contributed by atoms with Crippen LogP contribution in [-0.2, 0) is 4.79 Å². The molecule has 33 heavy (non-hydrogen) atoms. The van der Waals surface area contributed by atoms with Crippen molar-refractivity contribution < 1.29 is 19.1 Å². The molecule has 10 heteroatoms. The van der Waals surface area contributed by atoms with Crippen LogP contribution >= 0.6 is 51.5 Å². The SMILES string of the molecule is COc1cc(/C=C2/SC(=S)N(NC(=O)c3cccc(Cl)c3)C2=O)cc(Br)c1OCCC(C)C. The number of benzene rings is 2. The number of halogens is 2. The molecule has 0 radical (unpaired) electrons. The zero-order valence-electron chi connectivity index (χ0n) is 18.2. The predicted octanol–water partition coefficient (Wildman–Crippen LogP) is 6.08. The number of methoxy groups -OCH3 is 1. The molecule has 2 aromatic rings. The number of hydrazine groups is 1. The molecule has 1 saturated heterocycles. The molecule has 1 aliphatic heterocycles. The van der Waals surface area contributed by atoms with Crippen molar-refractivity contribution in [3.05, 3.63) is 61.9 Å². The van der Waals surface area contributed by atoms with Crippen LogP contribution in [0, 0.1) is 5.92 Å². The third kappa shape index (κ3) is 6.50. The molecule has 2 aromatic carbocycles. The van der Waals surface area contributed by atoms with Gasteiger partial charge in [-0.25, -0.2) is 0 Å². The molecule has 0 aromatic heterocycles. The summed E-state index contributed by atoms with van der Waals surface area (Å²) in [4.78, 5) is 25.8. The summed E-state index contributed by atoms with van der Waals surface area (Å²) in [5.74, 6) is 0.770. The average Bonchev–Trinajstić information content (AvgIpc) is 3.01. The first-order valence-electron chi connectivity index (χ1n) is 10.0. The van der Waals surface area contributed by atoms with Gasteiger partial charge in [0.1, 0.15) is 0 Å². The topological polar surface area (TPSA) is 67.9 Å². The number of amides is 2. The van der Waals surface area contributed by atoms with E-state index in [0.29, 0.717) is 44.0 Å². The van der Waals surface area contributed by atoms with E-state index < -0.39 is 11.8 Å². The van der Waals surface area contributed by atoms with Crippen LogP contribution in [0.5, 0.6) is 11.5 Å². The van der Waals surface area contributed by atoms with Crippen LogP contribution in [-0.4, -0.2) is 34.9 Å². The molecule has 1 N–H and O–H groups in total. The van der Waals surface area contributed by atoms with E-state index in [9.17, 15) is 9.59 Å². The van der Waals surface area contributed by atoms with Crippen molar-refractivity contribution in [2.75, 3.05) is 13.7 Å². The minimum Gasteiger partial charge on any atom is -0.493 e. The van der Waals surface area contributed by atoms with Crippen molar-refractivity contribution in [2.45, 2.75) is 20.3 Å². The molecular weight excluding hydrogens is 548 g/mol. The van der Waals surface area contributed by atoms with E-state index >= 15 is 0 Å². The van der Waals surface area contributed by atoms with Crippen LogP contribution in [0.15, 0.2) is 45.8 Å². The fourth-order valence-corrected chi connectivity index (χ4v) is 4.82. The summed E-state index contributed by atoms with van der Waals surface area (Å²) < 4.78 is 12.3. The highest BCUT2D eigenvalue weighted by Crippen LogP contribution is 2.39. The lowest BCUT2D eigenvalue weighted by Crippen LogP contribution is -2.44. The van der Waals surface area contributed by atoms with Crippen molar-refractivity contribution in [3.8, 4) is 11.5 Å². The van der Waals surface area contributed by atoms with Crippen molar-refractivity contribution in [1.82, 2.24) is 10.4 Å². The Morgan fingerprint density at radius 2 is 2.09 bits per heavy atom. The van der Waals surface area contributed by atoms with Gasteiger partial charge in [-0.05, 0) is 82.5 Å². The van der Waals surface area contributed by atoms with Gasteiger partial charge in [0.25, 0.3) is 11.8 Å². The highest BCUT2D eigenvalue weighted by molar-refractivity contribution is 9.10. The first kappa shape index (κ1) is 25.6. The van der Waals surface area contributed by atoms with Crippen LogP contribution in [0.1, 0.15) is 36.2 Å². The molecule has 0 aliphatic carbocycles. The number of nitrogens with zero attached hydrogens (tertiary/aromatic N) is 1. The zero-order chi connectivity index (χ0) is 24.1. The summed E-state index contributed by atoms with van der Waals surface area (Å²) in [6, 6.07) is 10.1. The normalized spacial score (nSPS) is 14.8. The molecule has 1 fully saturated rings. The Hall–Kier alpha value is -2.07. The van der Waals surface area contributed by atoms with Gasteiger partial charge in [0, 0.05) is 10.6 Å². The standard InChI is InChI=1S/C23H22BrClN2O4S2/c1-13(2)7-8-31-20-17(24)9-14(10-18(20)30-3)11-19-22(29)27(23(32)33-19)26-21(28)15-5-4-6-16(25)12-15/h4-6,9-13H,7-8H2,1-3H3,(H,26,28)/b19-11+. The number of thioether (sulfide) groups is 1. The second kappa shape index (κ2) is 11.4. The highest BCUT2D eigenvalue weighted by atomic mass is 79.9. The van der Waals surface area contributed by atoms with Crippen LogP contribution < -0.4 is 14.9 Å². The number of nitrogens with one attached hydrogen (secondary N) is 1. The number of carbonyl (C=O) groups is 2. The Labute approximate surface area is 215 Å².